The Balaban J connectivity index is 2.11. The van der Waals surface area contributed by atoms with Crippen LogP contribution in [0.5, 0.6) is 0 Å². The first-order valence-electron chi connectivity index (χ1n) is 4.82. The molecule has 1 aromatic carbocycles. The third-order valence-electron chi connectivity index (χ3n) is 1.98. The first-order valence-corrected chi connectivity index (χ1v) is 8.15. The molecule has 18 heavy (non-hydrogen) atoms. The summed E-state index contributed by atoms with van der Waals surface area (Å²) in [5.41, 5.74) is 0. The molecule has 0 N–H and O–H groups in total. The Morgan fingerprint density at radius 2 is 1.78 bits per heavy atom. The van der Waals surface area contributed by atoms with Gasteiger partial charge in [-0.1, -0.05) is 45.2 Å². The minimum atomic E-state index is 0.333. The van der Waals surface area contributed by atoms with Gasteiger partial charge in [-0.3, -0.25) is 0 Å². The zero-order valence-electron chi connectivity index (χ0n) is 8.83. The highest BCUT2D eigenvalue weighted by atomic mass is 79.9. The highest BCUT2D eigenvalue weighted by molar-refractivity contribution is 9.10. The van der Waals surface area contributed by atoms with Crippen molar-refractivity contribution in [3.8, 4) is 0 Å². The second-order valence-electron chi connectivity index (χ2n) is 3.28. The van der Waals surface area contributed by atoms with Gasteiger partial charge in [0, 0.05) is 9.37 Å². The zero-order chi connectivity index (χ0) is 13.1. The van der Waals surface area contributed by atoms with Crippen LogP contribution in [0.15, 0.2) is 38.1 Å². The van der Waals surface area contributed by atoms with Crippen LogP contribution >= 0.6 is 66.8 Å². The predicted octanol–water partition coefficient (Wildman–Crippen LogP) is 5.60. The average Bonchev–Trinajstić information content (AvgIpc) is 2.33. The fourth-order valence-corrected chi connectivity index (χ4v) is 3.16. The van der Waals surface area contributed by atoms with Gasteiger partial charge >= 0.3 is 0 Å². The lowest BCUT2D eigenvalue weighted by atomic mass is 10.4. The second kappa shape index (κ2) is 6.57. The number of halogens is 4. The quantitative estimate of drug-likeness (QED) is 0.470. The number of nitrogens with zero attached hydrogens (tertiary/aromatic N) is 2. The Bertz CT molecular complexity index is 558. The minimum Gasteiger partial charge on any atom is -0.219 e. The molecule has 0 bridgehead atoms. The molecule has 2 nitrogen and oxygen atoms in total. The molecule has 0 saturated heterocycles. The third-order valence-corrected chi connectivity index (χ3v) is 5.22. The molecule has 1 heterocycles. The highest BCUT2D eigenvalue weighted by Gasteiger charge is 2.09. The Kier molecular flexibility index (Phi) is 5.33. The molecule has 7 heteroatoms. The monoisotopic (exact) mass is 426 g/mol. The van der Waals surface area contributed by atoms with Crippen molar-refractivity contribution in [2.75, 3.05) is 0 Å². The lowest BCUT2D eigenvalue weighted by molar-refractivity contribution is 1.02. The van der Waals surface area contributed by atoms with Gasteiger partial charge in [0.2, 0.25) is 0 Å². The van der Waals surface area contributed by atoms with E-state index >= 15 is 0 Å². The van der Waals surface area contributed by atoms with Crippen LogP contribution in [0, 0.1) is 0 Å². The van der Waals surface area contributed by atoms with Gasteiger partial charge in [0.1, 0.15) is 16.1 Å². The Labute approximate surface area is 136 Å². The number of benzene rings is 1. The van der Waals surface area contributed by atoms with Gasteiger partial charge in [-0.15, -0.1) is 11.8 Å². The molecule has 0 saturated carbocycles. The normalized spacial score (nSPS) is 10.7. The summed E-state index contributed by atoms with van der Waals surface area (Å²) in [6.45, 7) is 0. The molecule has 0 aliphatic heterocycles. The van der Waals surface area contributed by atoms with Crippen molar-refractivity contribution >= 4 is 66.8 Å². The lowest BCUT2D eigenvalue weighted by Crippen LogP contribution is -1.94. The van der Waals surface area contributed by atoms with E-state index in [1.165, 1.54) is 0 Å². The van der Waals surface area contributed by atoms with E-state index in [4.69, 9.17) is 23.2 Å². The van der Waals surface area contributed by atoms with E-state index in [1.54, 1.807) is 11.8 Å². The molecule has 0 spiro atoms. The van der Waals surface area contributed by atoms with E-state index in [0.29, 0.717) is 26.4 Å². The largest absolute Gasteiger partial charge is 0.219 e. The predicted molar refractivity (Wildman–Crippen MR) is 83.5 cm³/mol. The number of hydrogen-bond donors (Lipinski definition) is 0. The summed E-state index contributed by atoms with van der Waals surface area (Å²) in [6, 6.07) is 8.02. The molecule has 0 radical (unpaired) electrons. The molecule has 0 aliphatic carbocycles. The van der Waals surface area contributed by atoms with Crippen molar-refractivity contribution in [1.29, 1.82) is 0 Å². The maximum absolute atomic E-state index is 5.93. The minimum absolute atomic E-state index is 0.333. The van der Waals surface area contributed by atoms with E-state index in [2.05, 4.69) is 41.8 Å². The van der Waals surface area contributed by atoms with E-state index < -0.39 is 0 Å². The van der Waals surface area contributed by atoms with Crippen LogP contribution in [0.3, 0.4) is 0 Å². The lowest BCUT2D eigenvalue weighted by Gasteiger charge is -2.04. The maximum Gasteiger partial charge on any atom is 0.148 e. The van der Waals surface area contributed by atoms with Crippen molar-refractivity contribution < 1.29 is 0 Å². The van der Waals surface area contributed by atoms with Crippen molar-refractivity contribution in [2.45, 2.75) is 10.6 Å². The molecule has 0 aliphatic rings. The van der Waals surface area contributed by atoms with E-state index in [9.17, 15) is 0 Å². The number of hydrogen-bond acceptors (Lipinski definition) is 3. The molecule has 0 atom stereocenters. The van der Waals surface area contributed by atoms with Gasteiger partial charge in [-0.25, -0.2) is 9.97 Å². The van der Waals surface area contributed by atoms with Crippen molar-refractivity contribution in [2.24, 2.45) is 0 Å². The standard InChI is InChI=1S/C11H6Br2Cl2N2S/c12-6-2-1-3-7(4-6)18-5-8-16-10(14)9(13)11(15)17-8/h1-4H,5H2. The summed E-state index contributed by atoms with van der Waals surface area (Å²) in [4.78, 5) is 9.45. The van der Waals surface area contributed by atoms with E-state index in [1.807, 2.05) is 24.3 Å². The van der Waals surface area contributed by atoms with Crippen molar-refractivity contribution in [1.82, 2.24) is 9.97 Å². The summed E-state index contributed by atoms with van der Waals surface area (Å²) in [5.74, 6) is 1.22. The third kappa shape index (κ3) is 3.84. The summed E-state index contributed by atoms with van der Waals surface area (Å²) in [7, 11) is 0. The molecule has 0 unspecified atom stereocenters. The van der Waals surface area contributed by atoms with Crippen molar-refractivity contribution in [3.05, 3.63) is 49.3 Å². The van der Waals surface area contributed by atoms with Crippen LogP contribution in [0.2, 0.25) is 10.3 Å². The zero-order valence-corrected chi connectivity index (χ0v) is 14.3. The van der Waals surface area contributed by atoms with Crippen LogP contribution in [-0.2, 0) is 5.75 Å². The van der Waals surface area contributed by atoms with Crippen LogP contribution in [0.25, 0.3) is 0 Å². The van der Waals surface area contributed by atoms with E-state index in [-0.39, 0.29) is 0 Å². The Morgan fingerprint density at radius 3 is 2.39 bits per heavy atom. The Hall–Kier alpha value is 0.190. The number of aromatic nitrogens is 2. The second-order valence-corrected chi connectivity index (χ2v) is 6.75. The van der Waals surface area contributed by atoms with Gasteiger partial charge in [-0.2, -0.15) is 0 Å². The van der Waals surface area contributed by atoms with E-state index in [0.717, 1.165) is 9.37 Å². The molecular formula is C11H6Br2Cl2N2S. The van der Waals surface area contributed by atoms with Crippen LogP contribution < -0.4 is 0 Å². The first kappa shape index (κ1) is 14.6. The van der Waals surface area contributed by atoms with Crippen LogP contribution in [0.1, 0.15) is 5.82 Å². The van der Waals surface area contributed by atoms with Gasteiger partial charge in [0.15, 0.2) is 0 Å². The average molecular weight is 429 g/mol. The molecule has 2 aromatic rings. The SMILES string of the molecule is Clc1nc(CSc2cccc(Br)c2)nc(Cl)c1Br. The van der Waals surface area contributed by atoms with Crippen LogP contribution in [-0.4, -0.2) is 9.97 Å². The van der Waals surface area contributed by atoms with Gasteiger partial charge in [0.05, 0.1) is 10.2 Å². The Morgan fingerprint density at radius 1 is 1.11 bits per heavy atom. The summed E-state index contributed by atoms with van der Waals surface area (Å²) in [6.07, 6.45) is 0. The topological polar surface area (TPSA) is 25.8 Å². The smallest absolute Gasteiger partial charge is 0.148 e. The number of rotatable bonds is 3. The van der Waals surface area contributed by atoms with Gasteiger partial charge in [-0.05, 0) is 34.1 Å². The van der Waals surface area contributed by atoms with Gasteiger partial charge in [0.25, 0.3) is 0 Å². The molecule has 0 amide bonds. The fourth-order valence-electron chi connectivity index (χ4n) is 1.20. The first-order chi connectivity index (χ1) is 8.56. The molecule has 1 aromatic heterocycles. The summed E-state index contributed by atoms with van der Waals surface area (Å²) >= 11 is 20.1. The van der Waals surface area contributed by atoms with Crippen molar-refractivity contribution in [3.63, 3.8) is 0 Å². The molecule has 0 fully saturated rings. The molecule has 94 valence electrons. The molecule has 2 rings (SSSR count). The summed E-state index contributed by atoms with van der Waals surface area (Å²) < 4.78 is 1.57. The highest BCUT2D eigenvalue weighted by Crippen LogP contribution is 2.29. The van der Waals surface area contributed by atoms with Gasteiger partial charge < -0.3 is 0 Å². The fraction of sp³-hybridized carbons (Fsp3) is 0.0909. The molecular weight excluding hydrogens is 423 g/mol. The number of thioether (sulfide) groups is 1. The summed E-state index contributed by atoms with van der Waals surface area (Å²) in [5, 5.41) is 0.666. The maximum atomic E-state index is 5.93. The van der Waals surface area contributed by atoms with Crippen LogP contribution in [0.4, 0.5) is 0 Å².